The Balaban J connectivity index is 1.28. The quantitative estimate of drug-likeness (QED) is 0.502. The van der Waals surface area contributed by atoms with Gasteiger partial charge < -0.3 is 14.8 Å². The Labute approximate surface area is 197 Å². The number of carbonyl (C=O) groups excluding carboxylic acids is 1. The van der Waals surface area contributed by atoms with Gasteiger partial charge >= 0.3 is 0 Å². The highest BCUT2D eigenvalue weighted by molar-refractivity contribution is 7.99. The summed E-state index contributed by atoms with van der Waals surface area (Å²) in [6, 6.07) is 10.0. The number of aromatic nitrogens is 4. The van der Waals surface area contributed by atoms with E-state index < -0.39 is 0 Å². The Kier molecular flexibility index (Phi) is 6.22. The average molecular weight is 466 g/mol. The average Bonchev–Trinajstić information content (AvgIpc) is 3.59. The first-order chi connectivity index (χ1) is 16.1. The Morgan fingerprint density at radius 1 is 1.18 bits per heavy atom. The first-order valence-corrected chi connectivity index (χ1v) is 12.3. The van der Waals surface area contributed by atoms with Crippen LogP contribution in [-0.2, 0) is 4.79 Å². The zero-order chi connectivity index (χ0) is 22.8. The molecule has 2 aromatic heterocycles. The SMILES string of the molecule is CC(C)[C@@H](NC(=O)CSc1nnc(-c2cccnc2)n1C1CC1)c1ccc2c(c1)OCCO2. The van der Waals surface area contributed by atoms with Crippen LogP contribution in [0.1, 0.15) is 44.3 Å². The highest BCUT2D eigenvalue weighted by atomic mass is 32.2. The molecular formula is C24H27N5O3S. The van der Waals surface area contributed by atoms with E-state index in [1.807, 2.05) is 30.3 Å². The molecule has 0 radical (unpaired) electrons. The molecular weight excluding hydrogens is 438 g/mol. The summed E-state index contributed by atoms with van der Waals surface area (Å²) >= 11 is 1.42. The summed E-state index contributed by atoms with van der Waals surface area (Å²) in [5, 5.41) is 12.7. The number of hydrogen-bond donors (Lipinski definition) is 1. The van der Waals surface area contributed by atoms with Crippen LogP contribution < -0.4 is 14.8 Å². The van der Waals surface area contributed by atoms with Crippen LogP contribution in [0.3, 0.4) is 0 Å². The summed E-state index contributed by atoms with van der Waals surface area (Å²) in [5.41, 5.74) is 1.94. The summed E-state index contributed by atoms with van der Waals surface area (Å²) in [7, 11) is 0. The molecule has 5 rings (SSSR count). The van der Waals surface area contributed by atoms with Crippen molar-refractivity contribution in [3.63, 3.8) is 0 Å². The maximum absolute atomic E-state index is 12.9. The number of ether oxygens (including phenoxy) is 2. The summed E-state index contributed by atoms with van der Waals surface area (Å²) in [6.07, 6.45) is 5.74. The lowest BCUT2D eigenvalue weighted by Gasteiger charge is -2.25. The lowest BCUT2D eigenvalue weighted by Crippen LogP contribution is -2.33. The van der Waals surface area contributed by atoms with Crippen molar-refractivity contribution >= 4 is 17.7 Å². The number of benzene rings is 1. The van der Waals surface area contributed by atoms with Crippen LogP contribution in [0.5, 0.6) is 11.5 Å². The van der Waals surface area contributed by atoms with Gasteiger partial charge in [0.25, 0.3) is 0 Å². The van der Waals surface area contributed by atoms with E-state index in [4.69, 9.17) is 9.47 Å². The number of fused-ring (bicyclic) bond motifs is 1. The molecule has 1 aliphatic carbocycles. The number of rotatable bonds is 8. The third-order valence-electron chi connectivity index (χ3n) is 5.74. The first-order valence-electron chi connectivity index (χ1n) is 11.3. The zero-order valence-electron chi connectivity index (χ0n) is 18.7. The van der Waals surface area contributed by atoms with E-state index in [1.54, 1.807) is 12.4 Å². The predicted molar refractivity (Wildman–Crippen MR) is 125 cm³/mol. The normalized spacial score (nSPS) is 16.0. The maximum Gasteiger partial charge on any atom is 0.230 e. The van der Waals surface area contributed by atoms with E-state index in [9.17, 15) is 4.79 Å². The largest absolute Gasteiger partial charge is 0.486 e. The molecule has 0 saturated heterocycles. The van der Waals surface area contributed by atoms with Crippen LogP contribution in [0.2, 0.25) is 0 Å². The van der Waals surface area contributed by atoms with Crippen LogP contribution in [0.15, 0.2) is 47.9 Å². The summed E-state index contributed by atoms with van der Waals surface area (Å²) in [4.78, 5) is 17.1. The van der Waals surface area contributed by atoms with Crippen molar-refractivity contribution in [2.24, 2.45) is 5.92 Å². The van der Waals surface area contributed by atoms with E-state index >= 15 is 0 Å². The van der Waals surface area contributed by atoms with Gasteiger partial charge in [-0.15, -0.1) is 10.2 Å². The van der Waals surface area contributed by atoms with E-state index in [1.165, 1.54) is 11.8 Å². The lowest BCUT2D eigenvalue weighted by atomic mass is 9.95. The minimum atomic E-state index is -0.124. The molecule has 172 valence electrons. The standard InChI is InChI=1S/C24H27N5O3S/c1-15(2)22(16-5-8-19-20(12-16)32-11-10-31-19)26-21(30)14-33-24-28-27-23(29(24)18-6-7-18)17-4-3-9-25-13-17/h3-5,8-9,12-13,15,18,22H,6-7,10-11,14H2,1-2H3,(H,26,30)/t22-/m1/s1. The summed E-state index contributed by atoms with van der Waals surface area (Å²) in [5.74, 6) is 2.73. The Hall–Kier alpha value is -3.07. The van der Waals surface area contributed by atoms with Crippen molar-refractivity contribution < 1.29 is 14.3 Å². The van der Waals surface area contributed by atoms with Gasteiger partial charge in [0.2, 0.25) is 5.91 Å². The van der Waals surface area contributed by atoms with Crippen molar-refractivity contribution in [2.75, 3.05) is 19.0 Å². The molecule has 1 saturated carbocycles. The minimum Gasteiger partial charge on any atom is -0.486 e. The number of amides is 1. The van der Waals surface area contributed by atoms with Gasteiger partial charge in [-0.3, -0.25) is 14.3 Å². The van der Waals surface area contributed by atoms with Crippen LogP contribution in [-0.4, -0.2) is 44.6 Å². The van der Waals surface area contributed by atoms with Crippen LogP contribution in [0.25, 0.3) is 11.4 Å². The van der Waals surface area contributed by atoms with Crippen molar-refractivity contribution in [2.45, 2.75) is 43.9 Å². The first kappa shape index (κ1) is 21.8. The smallest absolute Gasteiger partial charge is 0.230 e. The highest BCUT2D eigenvalue weighted by Gasteiger charge is 2.30. The van der Waals surface area contributed by atoms with Gasteiger partial charge in [0.05, 0.1) is 11.8 Å². The van der Waals surface area contributed by atoms with E-state index in [-0.39, 0.29) is 23.6 Å². The molecule has 0 spiro atoms. The van der Waals surface area contributed by atoms with Gasteiger partial charge in [0.1, 0.15) is 13.2 Å². The van der Waals surface area contributed by atoms with Crippen LogP contribution >= 0.6 is 11.8 Å². The topological polar surface area (TPSA) is 91.2 Å². The van der Waals surface area contributed by atoms with Crippen LogP contribution in [0, 0.1) is 5.92 Å². The fraction of sp³-hybridized carbons (Fsp3) is 0.417. The number of nitrogens with one attached hydrogen (secondary N) is 1. The van der Waals surface area contributed by atoms with Crippen LogP contribution in [0.4, 0.5) is 0 Å². The monoisotopic (exact) mass is 465 g/mol. The number of nitrogens with zero attached hydrogens (tertiary/aromatic N) is 4. The molecule has 33 heavy (non-hydrogen) atoms. The predicted octanol–water partition coefficient (Wildman–Crippen LogP) is 4.05. The Bertz CT molecular complexity index is 1130. The lowest BCUT2D eigenvalue weighted by molar-refractivity contribution is -0.119. The third-order valence-corrected chi connectivity index (χ3v) is 6.68. The van der Waals surface area contributed by atoms with Gasteiger partial charge in [-0.05, 0) is 48.6 Å². The molecule has 1 aliphatic heterocycles. The second-order valence-electron chi connectivity index (χ2n) is 8.63. The van der Waals surface area contributed by atoms with Gasteiger partial charge in [0, 0.05) is 24.0 Å². The van der Waals surface area contributed by atoms with Crippen molar-refractivity contribution in [1.29, 1.82) is 0 Å². The molecule has 2 aliphatic rings. The number of pyridine rings is 1. The molecule has 1 fully saturated rings. The van der Waals surface area contributed by atoms with Gasteiger partial charge in [-0.25, -0.2) is 0 Å². The van der Waals surface area contributed by atoms with Crippen molar-refractivity contribution in [3.8, 4) is 22.9 Å². The number of hydrogen-bond acceptors (Lipinski definition) is 7. The van der Waals surface area contributed by atoms with Gasteiger partial charge in [-0.1, -0.05) is 31.7 Å². The van der Waals surface area contributed by atoms with E-state index in [2.05, 4.69) is 38.9 Å². The van der Waals surface area contributed by atoms with E-state index in [0.29, 0.717) is 19.3 Å². The second kappa shape index (κ2) is 9.43. The molecule has 9 heteroatoms. The molecule has 1 aromatic carbocycles. The fourth-order valence-electron chi connectivity index (χ4n) is 3.96. The minimum absolute atomic E-state index is 0.0399. The molecule has 3 aromatic rings. The summed E-state index contributed by atoms with van der Waals surface area (Å²) < 4.78 is 13.5. The molecule has 1 amide bonds. The highest BCUT2D eigenvalue weighted by Crippen LogP contribution is 2.41. The number of carbonyl (C=O) groups is 1. The summed E-state index contributed by atoms with van der Waals surface area (Å²) in [6.45, 7) is 5.29. The molecule has 0 bridgehead atoms. The Morgan fingerprint density at radius 2 is 2.00 bits per heavy atom. The molecule has 1 atom stereocenters. The van der Waals surface area contributed by atoms with Crippen molar-refractivity contribution in [3.05, 3.63) is 48.3 Å². The zero-order valence-corrected chi connectivity index (χ0v) is 19.5. The molecule has 0 unspecified atom stereocenters. The van der Waals surface area contributed by atoms with Gasteiger partial charge in [-0.2, -0.15) is 0 Å². The second-order valence-corrected chi connectivity index (χ2v) is 9.57. The molecule has 1 N–H and O–H groups in total. The number of thioether (sulfide) groups is 1. The molecule has 3 heterocycles. The third kappa shape index (κ3) is 4.83. The van der Waals surface area contributed by atoms with Crippen molar-refractivity contribution in [1.82, 2.24) is 25.1 Å². The van der Waals surface area contributed by atoms with Gasteiger partial charge in [0.15, 0.2) is 22.5 Å². The Morgan fingerprint density at radius 3 is 2.73 bits per heavy atom. The molecule has 8 nitrogen and oxygen atoms in total. The fourth-order valence-corrected chi connectivity index (χ4v) is 4.78. The maximum atomic E-state index is 12.9. The van der Waals surface area contributed by atoms with E-state index in [0.717, 1.165) is 46.4 Å².